The lowest BCUT2D eigenvalue weighted by Crippen LogP contribution is -2.15. The maximum atomic E-state index is 10.9. The molecule has 0 N–H and O–H groups in total. The molecule has 0 radical (unpaired) electrons. The Labute approximate surface area is 114 Å². The van der Waals surface area contributed by atoms with Crippen LogP contribution >= 0.6 is 35.0 Å². The molecule has 2 rings (SSSR count). The van der Waals surface area contributed by atoms with E-state index < -0.39 is 0 Å². The summed E-state index contributed by atoms with van der Waals surface area (Å²) in [5.74, 6) is 2.16. The molecule has 1 saturated heterocycles. The lowest BCUT2D eigenvalue weighted by molar-refractivity contribution is -0.385. The first-order valence-corrected chi connectivity index (χ1v) is 7.19. The van der Waals surface area contributed by atoms with Gasteiger partial charge in [0.1, 0.15) is 0 Å². The Morgan fingerprint density at radius 2 is 2.24 bits per heavy atom. The third-order valence-electron chi connectivity index (χ3n) is 2.84. The molecule has 0 bridgehead atoms. The van der Waals surface area contributed by atoms with Crippen LogP contribution in [0.4, 0.5) is 5.69 Å². The number of nitro benzene ring substituents is 1. The van der Waals surface area contributed by atoms with E-state index in [9.17, 15) is 10.1 Å². The number of rotatable bonds is 3. The summed E-state index contributed by atoms with van der Waals surface area (Å²) in [5, 5.41) is 11.5. The summed E-state index contributed by atoms with van der Waals surface area (Å²) in [4.78, 5) is 10.5. The molecular formula is C11H11Cl2NO2S. The Kier molecular flexibility index (Phi) is 4.17. The first kappa shape index (κ1) is 13.0. The smallest absolute Gasteiger partial charge is 0.258 e. The van der Waals surface area contributed by atoms with E-state index in [0.29, 0.717) is 22.9 Å². The molecule has 1 aromatic carbocycles. The Balaban J connectivity index is 2.24. The van der Waals surface area contributed by atoms with Crippen molar-refractivity contribution in [2.24, 2.45) is 5.92 Å². The normalized spacial score (nSPS) is 23.9. The van der Waals surface area contributed by atoms with E-state index in [1.807, 2.05) is 0 Å². The van der Waals surface area contributed by atoms with Crippen LogP contribution in [0.15, 0.2) is 18.2 Å². The van der Waals surface area contributed by atoms with Gasteiger partial charge >= 0.3 is 0 Å². The molecule has 0 aromatic heterocycles. The minimum atomic E-state index is -0.364. The van der Waals surface area contributed by atoms with Gasteiger partial charge in [0.05, 0.1) is 4.92 Å². The van der Waals surface area contributed by atoms with Crippen molar-refractivity contribution < 1.29 is 4.92 Å². The quantitative estimate of drug-likeness (QED) is 0.484. The Bertz CT molecular complexity index is 441. The second kappa shape index (κ2) is 5.46. The second-order valence-corrected chi connectivity index (χ2v) is 6.12. The van der Waals surface area contributed by atoms with Gasteiger partial charge in [-0.3, -0.25) is 10.1 Å². The van der Waals surface area contributed by atoms with Gasteiger partial charge < -0.3 is 0 Å². The van der Waals surface area contributed by atoms with E-state index in [1.54, 1.807) is 23.9 Å². The summed E-state index contributed by atoms with van der Waals surface area (Å²) in [6.45, 7) is 0. The van der Waals surface area contributed by atoms with Crippen LogP contribution in [-0.4, -0.2) is 21.8 Å². The average molecular weight is 292 g/mol. The molecule has 17 heavy (non-hydrogen) atoms. The summed E-state index contributed by atoms with van der Waals surface area (Å²) in [5.41, 5.74) is 0.816. The van der Waals surface area contributed by atoms with Crippen LogP contribution in [0.1, 0.15) is 5.56 Å². The topological polar surface area (TPSA) is 43.1 Å². The summed E-state index contributed by atoms with van der Waals surface area (Å²) in [6.07, 6.45) is 0.623. The molecule has 6 heteroatoms. The number of thioether (sulfide) groups is 1. The van der Waals surface area contributed by atoms with Crippen molar-refractivity contribution in [3.8, 4) is 0 Å². The molecule has 1 aromatic rings. The first-order chi connectivity index (χ1) is 8.08. The predicted molar refractivity (Wildman–Crippen MR) is 72.3 cm³/mol. The molecule has 0 aliphatic carbocycles. The van der Waals surface area contributed by atoms with Gasteiger partial charge in [-0.15, -0.1) is 11.6 Å². The molecule has 2 unspecified atom stereocenters. The third-order valence-corrected chi connectivity index (χ3v) is 5.03. The highest BCUT2D eigenvalue weighted by molar-refractivity contribution is 7.99. The van der Waals surface area contributed by atoms with Gasteiger partial charge in [-0.2, -0.15) is 11.8 Å². The van der Waals surface area contributed by atoms with Crippen molar-refractivity contribution in [2.75, 3.05) is 11.5 Å². The molecule has 0 amide bonds. The molecular weight excluding hydrogens is 281 g/mol. The fraction of sp³-hybridized carbons (Fsp3) is 0.455. The molecule has 2 atom stereocenters. The average Bonchev–Trinajstić information content (AvgIpc) is 2.64. The zero-order valence-corrected chi connectivity index (χ0v) is 11.3. The standard InChI is InChI=1S/C11H11Cl2NO2S/c12-9-1-2-11(14(15)16)7(4-9)3-8-5-17-6-10(8)13/h1-2,4,8,10H,3,5-6H2. The Hall–Kier alpha value is -0.450. The van der Waals surface area contributed by atoms with Crippen molar-refractivity contribution in [1.29, 1.82) is 0 Å². The van der Waals surface area contributed by atoms with Crippen LogP contribution in [0, 0.1) is 16.0 Å². The molecule has 92 valence electrons. The number of alkyl halides is 1. The Morgan fingerprint density at radius 3 is 2.82 bits per heavy atom. The second-order valence-electron chi connectivity index (χ2n) is 4.05. The largest absolute Gasteiger partial charge is 0.272 e. The summed E-state index contributed by atoms with van der Waals surface area (Å²) in [6, 6.07) is 4.68. The lowest BCUT2D eigenvalue weighted by Gasteiger charge is -2.12. The molecule has 0 saturated carbocycles. The monoisotopic (exact) mass is 291 g/mol. The van der Waals surface area contributed by atoms with Crippen molar-refractivity contribution in [2.45, 2.75) is 11.8 Å². The zero-order chi connectivity index (χ0) is 12.4. The predicted octanol–water partition coefficient (Wildman–Crippen LogP) is 3.76. The molecule has 1 fully saturated rings. The highest BCUT2D eigenvalue weighted by atomic mass is 35.5. The minimum absolute atomic E-state index is 0.0959. The summed E-state index contributed by atoms with van der Waals surface area (Å²) < 4.78 is 0. The number of halogens is 2. The molecule has 1 aliphatic rings. The van der Waals surface area contributed by atoms with Gasteiger partial charge in [0.15, 0.2) is 0 Å². The van der Waals surface area contributed by atoms with Crippen molar-refractivity contribution in [3.05, 3.63) is 38.9 Å². The van der Waals surface area contributed by atoms with Crippen LogP contribution in [0.2, 0.25) is 5.02 Å². The van der Waals surface area contributed by atoms with E-state index >= 15 is 0 Å². The fourth-order valence-corrected chi connectivity index (χ4v) is 3.97. The number of nitrogens with zero attached hydrogens (tertiary/aromatic N) is 1. The van der Waals surface area contributed by atoms with Crippen molar-refractivity contribution in [3.63, 3.8) is 0 Å². The van der Waals surface area contributed by atoms with Gasteiger partial charge in [-0.25, -0.2) is 0 Å². The summed E-state index contributed by atoms with van der Waals surface area (Å²) in [7, 11) is 0. The highest BCUT2D eigenvalue weighted by Gasteiger charge is 2.28. The fourth-order valence-electron chi connectivity index (χ4n) is 1.94. The molecule has 1 heterocycles. The van der Waals surface area contributed by atoms with E-state index in [1.165, 1.54) is 6.07 Å². The summed E-state index contributed by atoms with van der Waals surface area (Å²) >= 11 is 13.9. The third kappa shape index (κ3) is 3.06. The van der Waals surface area contributed by atoms with Gasteiger partial charge in [-0.1, -0.05) is 11.6 Å². The van der Waals surface area contributed by atoms with Crippen LogP contribution in [0.3, 0.4) is 0 Å². The van der Waals surface area contributed by atoms with Gasteiger partial charge in [-0.05, 0) is 30.2 Å². The van der Waals surface area contributed by atoms with Crippen molar-refractivity contribution >= 4 is 40.7 Å². The lowest BCUT2D eigenvalue weighted by atomic mass is 9.97. The minimum Gasteiger partial charge on any atom is -0.258 e. The molecule has 0 spiro atoms. The van der Waals surface area contributed by atoms with Gasteiger partial charge in [0.2, 0.25) is 0 Å². The number of hydrogen-bond donors (Lipinski definition) is 0. The zero-order valence-electron chi connectivity index (χ0n) is 8.94. The number of nitro groups is 1. The van der Waals surface area contributed by atoms with Gasteiger partial charge in [0.25, 0.3) is 5.69 Å². The van der Waals surface area contributed by atoms with E-state index in [2.05, 4.69) is 0 Å². The van der Waals surface area contributed by atoms with E-state index in [0.717, 1.165) is 11.5 Å². The van der Waals surface area contributed by atoms with E-state index in [4.69, 9.17) is 23.2 Å². The van der Waals surface area contributed by atoms with Crippen LogP contribution in [0.5, 0.6) is 0 Å². The van der Waals surface area contributed by atoms with Gasteiger partial charge in [0, 0.05) is 27.8 Å². The van der Waals surface area contributed by atoms with Crippen LogP contribution in [0.25, 0.3) is 0 Å². The first-order valence-electron chi connectivity index (χ1n) is 5.22. The highest BCUT2D eigenvalue weighted by Crippen LogP contribution is 2.34. The van der Waals surface area contributed by atoms with E-state index in [-0.39, 0.29) is 16.0 Å². The molecule has 3 nitrogen and oxygen atoms in total. The van der Waals surface area contributed by atoms with Crippen molar-refractivity contribution in [1.82, 2.24) is 0 Å². The maximum absolute atomic E-state index is 10.9. The Morgan fingerprint density at radius 1 is 1.47 bits per heavy atom. The van der Waals surface area contributed by atoms with Crippen LogP contribution in [-0.2, 0) is 6.42 Å². The number of hydrogen-bond acceptors (Lipinski definition) is 3. The van der Waals surface area contributed by atoms with Crippen LogP contribution < -0.4 is 0 Å². The SMILES string of the molecule is O=[N+]([O-])c1ccc(Cl)cc1CC1CSCC1Cl. The molecule has 1 aliphatic heterocycles. The number of benzene rings is 1. The maximum Gasteiger partial charge on any atom is 0.272 e.